The van der Waals surface area contributed by atoms with Gasteiger partial charge >= 0.3 is 11.6 Å². The fourth-order valence-corrected chi connectivity index (χ4v) is 2.92. The van der Waals surface area contributed by atoms with Gasteiger partial charge in [0.1, 0.15) is 12.2 Å². The number of ether oxygens (including phenoxy) is 3. The summed E-state index contributed by atoms with van der Waals surface area (Å²) in [6.07, 6.45) is 0.0813. The summed E-state index contributed by atoms with van der Waals surface area (Å²) < 4.78 is 21.7. The van der Waals surface area contributed by atoms with E-state index in [1.165, 1.54) is 6.07 Å². The molecule has 152 valence electrons. The van der Waals surface area contributed by atoms with E-state index in [0.29, 0.717) is 29.3 Å². The molecular weight excluding hydrogens is 372 g/mol. The minimum atomic E-state index is -0.470. The van der Waals surface area contributed by atoms with Gasteiger partial charge in [0, 0.05) is 17.0 Å². The van der Waals surface area contributed by atoms with Gasteiger partial charge in [0.25, 0.3) is 0 Å². The predicted octanol–water partition coefficient (Wildman–Crippen LogP) is 4.32. The van der Waals surface area contributed by atoms with Crippen LogP contribution in [0.2, 0.25) is 0 Å². The highest BCUT2D eigenvalue weighted by atomic mass is 16.5. The van der Waals surface area contributed by atoms with Gasteiger partial charge in [-0.1, -0.05) is 12.1 Å². The standard InChI is InChI=1S/C23H24O6/c1-4-26-19-7-5-6-8-20(19)27-10-9-22(24)28-14-17-13-23(25)29-21-12-16(3)15(2)11-18(17)21/h5-8,11-13H,4,9-10,14H2,1-3H3. The maximum absolute atomic E-state index is 12.1. The first-order chi connectivity index (χ1) is 14.0. The molecule has 0 amide bonds. The highest BCUT2D eigenvalue weighted by molar-refractivity contribution is 5.82. The lowest BCUT2D eigenvalue weighted by atomic mass is 10.0. The summed E-state index contributed by atoms with van der Waals surface area (Å²) in [6, 6.07) is 12.4. The van der Waals surface area contributed by atoms with Gasteiger partial charge in [0.2, 0.25) is 0 Å². The first-order valence-corrected chi connectivity index (χ1v) is 9.52. The third-order valence-electron chi connectivity index (χ3n) is 4.55. The van der Waals surface area contributed by atoms with Crippen molar-refractivity contribution in [1.29, 1.82) is 0 Å². The molecule has 3 aromatic rings. The molecule has 0 aliphatic heterocycles. The number of aryl methyl sites for hydroxylation is 2. The molecule has 0 atom stereocenters. The van der Waals surface area contributed by atoms with Gasteiger partial charge in [0.15, 0.2) is 11.5 Å². The minimum Gasteiger partial charge on any atom is -0.490 e. The molecule has 1 heterocycles. The molecule has 1 aromatic heterocycles. The highest BCUT2D eigenvalue weighted by Gasteiger charge is 2.11. The van der Waals surface area contributed by atoms with E-state index >= 15 is 0 Å². The lowest BCUT2D eigenvalue weighted by molar-refractivity contribution is -0.145. The zero-order valence-corrected chi connectivity index (χ0v) is 16.8. The minimum absolute atomic E-state index is 0.00102. The van der Waals surface area contributed by atoms with Crippen molar-refractivity contribution in [3.63, 3.8) is 0 Å². The Morgan fingerprint density at radius 1 is 1.00 bits per heavy atom. The first-order valence-electron chi connectivity index (χ1n) is 9.52. The van der Waals surface area contributed by atoms with Gasteiger partial charge in [-0.25, -0.2) is 4.79 Å². The summed E-state index contributed by atoms with van der Waals surface area (Å²) in [6.45, 7) is 6.52. The van der Waals surface area contributed by atoms with Crippen LogP contribution in [-0.2, 0) is 16.1 Å². The van der Waals surface area contributed by atoms with E-state index in [4.69, 9.17) is 18.6 Å². The number of carbonyl (C=O) groups is 1. The van der Waals surface area contributed by atoms with Crippen LogP contribution in [0.25, 0.3) is 11.0 Å². The molecule has 6 heteroatoms. The summed E-state index contributed by atoms with van der Waals surface area (Å²) in [5.74, 6) is 0.806. The van der Waals surface area contributed by atoms with Crippen LogP contribution in [0.4, 0.5) is 0 Å². The second-order valence-corrected chi connectivity index (χ2v) is 6.66. The van der Waals surface area contributed by atoms with Crippen LogP contribution in [0.1, 0.15) is 30.0 Å². The Kier molecular flexibility index (Phi) is 6.54. The number of carbonyl (C=O) groups excluding carboxylic acids is 1. The molecule has 0 spiro atoms. The molecule has 0 fully saturated rings. The molecule has 0 radical (unpaired) electrons. The topological polar surface area (TPSA) is 75.0 Å². The second kappa shape index (κ2) is 9.28. The van der Waals surface area contributed by atoms with Crippen molar-refractivity contribution < 1.29 is 23.4 Å². The number of hydrogen-bond donors (Lipinski definition) is 0. The number of hydrogen-bond acceptors (Lipinski definition) is 6. The van der Waals surface area contributed by atoms with E-state index in [2.05, 4.69) is 0 Å². The first kappa shape index (κ1) is 20.5. The fourth-order valence-electron chi connectivity index (χ4n) is 2.92. The number of para-hydroxylation sites is 2. The summed E-state index contributed by atoms with van der Waals surface area (Å²) in [4.78, 5) is 23.9. The molecule has 0 unspecified atom stereocenters. The molecular formula is C23H24O6. The fraction of sp³-hybridized carbons (Fsp3) is 0.304. The highest BCUT2D eigenvalue weighted by Crippen LogP contribution is 2.26. The van der Waals surface area contributed by atoms with E-state index in [1.807, 2.05) is 51.1 Å². The zero-order valence-electron chi connectivity index (χ0n) is 16.8. The van der Waals surface area contributed by atoms with Crippen LogP contribution in [0, 0.1) is 13.8 Å². The van der Waals surface area contributed by atoms with E-state index in [0.717, 1.165) is 16.5 Å². The van der Waals surface area contributed by atoms with Gasteiger partial charge in [0.05, 0.1) is 19.6 Å². The van der Waals surface area contributed by atoms with Gasteiger partial charge in [-0.15, -0.1) is 0 Å². The van der Waals surface area contributed by atoms with Crippen LogP contribution in [0.15, 0.2) is 51.7 Å². The Balaban J connectivity index is 1.60. The third kappa shape index (κ3) is 5.16. The smallest absolute Gasteiger partial charge is 0.336 e. The average molecular weight is 396 g/mol. The van der Waals surface area contributed by atoms with Crippen LogP contribution >= 0.6 is 0 Å². The van der Waals surface area contributed by atoms with Crippen molar-refractivity contribution in [2.75, 3.05) is 13.2 Å². The van der Waals surface area contributed by atoms with E-state index in [9.17, 15) is 9.59 Å². The zero-order chi connectivity index (χ0) is 20.8. The molecule has 0 saturated heterocycles. The SMILES string of the molecule is CCOc1ccccc1OCCC(=O)OCc1cc(=O)oc2cc(C)c(C)cc12. The molecule has 0 aliphatic carbocycles. The Hall–Kier alpha value is -3.28. The van der Waals surface area contributed by atoms with E-state index in [-0.39, 0.29) is 19.6 Å². The van der Waals surface area contributed by atoms with Gasteiger partial charge in [-0.2, -0.15) is 0 Å². The Labute approximate surface area is 169 Å². The molecule has 0 saturated carbocycles. The van der Waals surface area contributed by atoms with Crippen molar-refractivity contribution in [2.45, 2.75) is 33.8 Å². The maximum Gasteiger partial charge on any atom is 0.336 e. The Bertz CT molecular complexity index is 1070. The number of fused-ring (bicyclic) bond motifs is 1. The summed E-state index contributed by atoms with van der Waals surface area (Å²) in [5, 5.41) is 0.766. The summed E-state index contributed by atoms with van der Waals surface area (Å²) in [5.41, 5.74) is 2.74. The number of rotatable bonds is 8. The van der Waals surface area contributed by atoms with Crippen molar-refractivity contribution in [1.82, 2.24) is 0 Å². The van der Waals surface area contributed by atoms with Crippen molar-refractivity contribution >= 4 is 16.9 Å². The summed E-state index contributed by atoms with van der Waals surface area (Å²) in [7, 11) is 0. The monoisotopic (exact) mass is 396 g/mol. The van der Waals surface area contributed by atoms with Gasteiger partial charge < -0.3 is 18.6 Å². The molecule has 2 aromatic carbocycles. The quantitative estimate of drug-likeness (QED) is 0.417. The van der Waals surface area contributed by atoms with E-state index in [1.54, 1.807) is 6.07 Å². The Morgan fingerprint density at radius 2 is 1.69 bits per heavy atom. The molecule has 0 aliphatic rings. The normalized spacial score (nSPS) is 10.7. The third-order valence-corrected chi connectivity index (χ3v) is 4.55. The number of benzene rings is 2. The van der Waals surface area contributed by atoms with Gasteiger partial charge in [-0.3, -0.25) is 4.79 Å². The molecule has 3 rings (SSSR count). The lowest BCUT2D eigenvalue weighted by Gasteiger charge is -2.12. The lowest BCUT2D eigenvalue weighted by Crippen LogP contribution is -2.11. The van der Waals surface area contributed by atoms with Crippen molar-refractivity contribution in [3.05, 3.63) is 69.6 Å². The van der Waals surface area contributed by atoms with Crippen molar-refractivity contribution in [2.24, 2.45) is 0 Å². The summed E-state index contributed by atoms with van der Waals surface area (Å²) >= 11 is 0. The molecule has 0 bridgehead atoms. The van der Waals surface area contributed by atoms with Gasteiger partial charge in [-0.05, 0) is 56.2 Å². The van der Waals surface area contributed by atoms with Crippen LogP contribution in [0.5, 0.6) is 11.5 Å². The average Bonchev–Trinajstić information content (AvgIpc) is 2.69. The molecule has 0 N–H and O–H groups in total. The van der Waals surface area contributed by atoms with Crippen LogP contribution in [0.3, 0.4) is 0 Å². The second-order valence-electron chi connectivity index (χ2n) is 6.66. The predicted molar refractivity (Wildman–Crippen MR) is 109 cm³/mol. The largest absolute Gasteiger partial charge is 0.490 e. The van der Waals surface area contributed by atoms with E-state index < -0.39 is 11.6 Å². The Morgan fingerprint density at radius 3 is 2.41 bits per heavy atom. The molecule has 29 heavy (non-hydrogen) atoms. The maximum atomic E-state index is 12.1. The van der Waals surface area contributed by atoms with Crippen LogP contribution in [-0.4, -0.2) is 19.2 Å². The van der Waals surface area contributed by atoms with Crippen LogP contribution < -0.4 is 15.1 Å². The number of esters is 1. The van der Waals surface area contributed by atoms with Crippen molar-refractivity contribution in [3.8, 4) is 11.5 Å². The molecule has 6 nitrogen and oxygen atoms in total.